The molecule has 2 aliphatic rings. The minimum absolute atomic E-state index is 0.0856. The zero-order valence-electron chi connectivity index (χ0n) is 15.6. The zero-order valence-corrected chi connectivity index (χ0v) is 16.4. The summed E-state index contributed by atoms with van der Waals surface area (Å²) in [6.45, 7) is 3.71. The van der Waals surface area contributed by atoms with Crippen LogP contribution in [0.3, 0.4) is 0 Å². The summed E-state index contributed by atoms with van der Waals surface area (Å²) >= 11 is 0. The topological polar surface area (TPSA) is 101 Å². The fourth-order valence-electron chi connectivity index (χ4n) is 4.02. The maximum atomic E-state index is 13.6. The monoisotopic (exact) mass is 395 g/mol. The van der Waals surface area contributed by atoms with Crippen LogP contribution in [0.4, 0.5) is 0 Å². The SMILES string of the molecule is Cc1ccc(C)c(S(=O)(=O)C2(C(=O)N3CCOC(C(=O)O)C3)CCCC2)c1. The highest BCUT2D eigenvalue weighted by Gasteiger charge is 2.55. The summed E-state index contributed by atoms with van der Waals surface area (Å²) in [5.41, 5.74) is 1.43. The van der Waals surface area contributed by atoms with Gasteiger partial charge in [0.1, 0.15) is 0 Å². The van der Waals surface area contributed by atoms with E-state index in [1.54, 1.807) is 19.1 Å². The van der Waals surface area contributed by atoms with Crippen LogP contribution in [-0.4, -0.2) is 60.8 Å². The molecule has 1 aliphatic carbocycles. The summed E-state index contributed by atoms with van der Waals surface area (Å²) in [7, 11) is -3.92. The molecule has 1 heterocycles. The van der Waals surface area contributed by atoms with E-state index in [9.17, 15) is 23.1 Å². The number of amides is 1. The van der Waals surface area contributed by atoms with Crippen molar-refractivity contribution in [2.24, 2.45) is 0 Å². The molecular formula is C19H25NO6S. The molecule has 1 aromatic rings. The van der Waals surface area contributed by atoms with Gasteiger partial charge in [-0.3, -0.25) is 4.79 Å². The Bertz CT molecular complexity index is 857. The molecular weight excluding hydrogens is 370 g/mol. The first-order valence-corrected chi connectivity index (χ1v) is 10.6. The highest BCUT2D eigenvalue weighted by atomic mass is 32.2. The summed E-state index contributed by atoms with van der Waals surface area (Å²) in [5.74, 6) is -1.64. The van der Waals surface area contributed by atoms with Crippen LogP contribution in [0.2, 0.25) is 0 Å². The summed E-state index contributed by atoms with van der Waals surface area (Å²) in [5, 5.41) is 9.19. The molecule has 1 aromatic carbocycles. The second-order valence-corrected chi connectivity index (χ2v) is 9.65. The van der Waals surface area contributed by atoms with Crippen molar-refractivity contribution in [3.63, 3.8) is 0 Å². The highest BCUT2D eigenvalue weighted by molar-refractivity contribution is 7.93. The Morgan fingerprint density at radius 2 is 1.89 bits per heavy atom. The fraction of sp³-hybridized carbons (Fsp3) is 0.579. The van der Waals surface area contributed by atoms with E-state index in [0.717, 1.165) is 5.56 Å². The second-order valence-electron chi connectivity index (χ2n) is 7.42. The molecule has 1 N–H and O–H groups in total. The van der Waals surface area contributed by atoms with E-state index < -0.39 is 32.6 Å². The molecule has 1 saturated carbocycles. The lowest BCUT2D eigenvalue weighted by Crippen LogP contribution is -2.57. The smallest absolute Gasteiger partial charge is 0.334 e. The number of aliphatic carboxylic acids is 1. The maximum absolute atomic E-state index is 13.6. The summed E-state index contributed by atoms with van der Waals surface area (Å²) in [6.07, 6.45) is 0.711. The predicted molar refractivity (Wildman–Crippen MR) is 98.3 cm³/mol. The van der Waals surface area contributed by atoms with E-state index >= 15 is 0 Å². The van der Waals surface area contributed by atoms with Crippen LogP contribution in [0.25, 0.3) is 0 Å². The van der Waals surface area contributed by atoms with Crippen molar-refractivity contribution in [2.75, 3.05) is 19.7 Å². The van der Waals surface area contributed by atoms with E-state index in [4.69, 9.17) is 4.74 Å². The number of carboxylic acid groups (broad SMARTS) is 1. The molecule has 148 valence electrons. The van der Waals surface area contributed by atoms with Crippen LogP contribution in [0.15, 0.2) is 23.1 Å². The third-order valence-electron chi connectivity index (χ3n) is 5.58. The summed E-state index contributed by atoms with van der Waals surface area (Å²) < 4.78 is 30.9. The van der Waals surface area contributed by atoms with Crippen LogP contribution < -0.4 is 0 Å². The van der Waals surface area contributed by atoms with Crippen molar-refractivity contribution in [2.45, 2.75) is 55.3 Å². The Hall–Kier alpha value is -1.93. The third kappa shape index (κ3) is 3.36. The van der Waals surface area contributed by atoms with Gasteiger partial charge in [-0.1, -0.05) is 25.0 Å². The number of carbonyl (C=O) groups excluding carboxylic acids is 1. The standard InChI is InChI=1S/C19H25NO6S/c1-13-5-6-14(2)16(11-13)27(24,25)19(7-3-4-8-19)18(23)20-9-10-26-15(12-20)17(21)22/h5-6,11,15H,3-4,7-10,12H2,1-2H3,(H,21,22). The molecule has 1 amide bonds. The van der Waals surface area contributed by atoms with Crippen molar-refractivity contribution in [3.05, 3.63) is 29.3 Å². The molecule has 0 aromatic heterocycles. The number of carboxylic acids is 1. The average molecular weight is 395 g/mol. The molecule has 1 atom stereocenters. The van der Waals surface area contributed by atoms with Gasteiger partial charge in [0.15, 0.2) is 20.7 Å². The van der Waals surface area contributed by atoms with Gasteiger partial charge in [-0.2, -0.15) is 0 Å². The van der Waals surface area contributed by atoms with Crippen molar-refractivity contribution >= 4 is 21.7 Å². The average Bonchev–Trinajstić information content (AvgIpc) is 3.14. The summed E-state index contributed by atoms with van der Waals surface area (Å²) in [4.78, 5) is 26.2. The normalized spacial score (nSPS) is 22.6. The number of rotatable bonds is 4. The first kappa shape index (κ1) is 19.8. The maximum Gasteiger partial charge on any atom is 0.334 e. The highest BCUT2D eigenvalue weighted by Crippen LogP contribution is 2.43. The van der Waals surface area contributed by atoms with Crippen LogP contribution >= 0.6 is 0 Å². The van der Waals surface area contributed by atoms with Gasteiger partial charge < -0.3 is 14.7 Å². The molecule has 3 rings (SSSR count). The molecule has 0 bridgehead atoms. The van der Waals surface area contributed by atoms with E-state index in [1.165, 1.54) is 4.90 Å². The molecule has 1 aliphatic heterocycles. The van der Waals surface area contributed by atoms with E-state index in [-0.39, 0.29) is 37.4 Å². The van der Waals surface area contributed by atoms with Gasteiger partial charge in [-0.15, -0.1) is 0 Å². The lowest BCUT2D eigenvalue weighted by Gasteiger charge is -2.37. The van der Waals surface area contributed by atoms with Gasteiger partial charge in [0.25, 0.3) is 0 Å². The number of hydrogen-bond acceptors (Lipinski definition) is 5. The number of carbonyl (C=O) groups is 2. The van der Waals surface area contributed by atoms with E-state index in [0.29, 0.717) is 18.4 Å². The number of ether oxygens (including phenoxy) is 1. The predicted octanol–water partition coefficient (Wildman–Crippen LogP) is 1.70. The van der Waals surface area contributed by atoms with Crippen LogP contribution in [0.1, 0.15) is 36.8 Å². The van der Waals surface area contributed by atoms with Gasteiger partial charge in [0, 0.05) is 6.54 Å². The number of hydrogen-bond donors (Lipinski definition) is 1. The van der Waals surface area contributed by atoms with Gasteiger partial charge in [0.2, 0.25) is 5.91 Å². The van der Waals surface area contributed by atoms with E-state index in [2.05, 4.69) is 0 Å². The molecule has 2 fully saturated rings. The largest absolute Gasteiger partial charge is 0.479 e. The zero-order chi connectivity index (χ0) is 19.8. The van der Waals surface area contributed by atoms with Gasteiger partial charge >= 0.3 is 5.97 Å². The molecule has 7 nitrogen and oxygen atoms in total. The number of morpholine rings is 1. The molecule has 1 unspecified atom stereocenters. The number of benzene rings is 1. The van der Waals surface area contributed by atoms with Gasteiger partial charge in [-0.25, -0.2) is 13.2 Å². The van der Waals surface area contributed by atoms with Crippen molar-refractivity contribution in [3.8, 4) is 0 Å². The Morgan fingerprint density at radius 1 is 1.22 bits per heavy atom. The van der Waals surface area contributed by atoms with E-state index in [1.807, 2.05) is 13.0 Å². The minimum atomic E-state index is -3.92. The summed E-state index contributed by atoms with van der Waals surface area (Å²) in [6, 6.07) is 5.22. The van der Waals surface area contributed by atoms with Crippen molar-refractivity contribution < 1.29 is 27.9 Å². The number of aryl methyl sites for hydroxylation is 2. The molecule has 0 spiro atoms. The van der Waals surface area contributed by atoms with Crippen LogP contribution in [0, 0.1) is 13.8 Å². The Morgan fingerprint density at radius 3 is 2.52 bits per heavy atom. The van der Waals surface area contributed by atoms with Crippen molar-refractivity contribution in [1.82, 2.24) is 4.90 Å². The Balaban J connectivity index is 2.02. The lowest BCUT2D eigenvalue weighted by atomic mass is 10.0. The first-order chi connectivity index (χ1) is 12.7. The first-order valence-electron chi connectivity index (χ1n) is 9.15. The molecule has 27 heavy (non-hydrogen) atoms. The Labute approximate surface area is 159 Å². The van der Waals surface area contributed by atoms with Gasteiger partial charge in [-0.05, 0) is 43.9 Å². The third-order valence-corrected chi connectivity index (χ3v) is 8.21. The quantitative estimate of drug-likeness (QED) is 0.833. The molecule has 0 radical (unpaired) electrons. The van der Waals surface area contributed by atoms with Crippen LogP contribution in [-0.2, 0) is 24.2 Å². The fourth-order valence-corrected chi connectivity index (χ4v) is 6.46. The molecule has 8 heteroatoms. The van der Waals surface area contributed by atoms with Crippen LogP contribution in [0.5, 0.6) is 0 Å². The minimum Gasteiger partial charge on any atom is -0.479 e. The number of nitrogens with zero attached hydrogens (tertiary/aromatic N) is 1. The lowest BCUT2D eigenvalue weighted by molar-refractivity contribution is -0.160. The van der Waals surface area contributed by atoms with Crippen molar-refractivity contribution in [1.29, 1.82) is 0 Å². The Kier molecular flexibility index (Phi) is 5.31. The molecule has 1 saturated heterocycles. The second kappa shape index (κ2) is 7.24. The number of sulfone groups is 1. The van der Waals surface area contributed by atoms with Gasteiger partial charge in [0.05, 0.1) is 18.0 Å².